The van der Waals surface area contributed by atoms with Gasteiger partial charge in [0, 0.05) is 0 Å². The van der Waals surface area contributed by atoms with Crippen molar-refractivity contribution in [2.45, 2.75) is 32.2 Å². The Labute approximate surface area is 129 Å². The van der Waals surface area contributed by atoms with Gasteiger partial charge in [0.2, 0.25) is 0 Å². The summed E-state index contributed by atoms with van der Waals surface area (Å²) < 4.78 is 7.12. The smallest absolute Gasteiger partial charge is 0.306 e. The summed E-state index contributed by atoms with van der Waals surface area (Å²) in [7, 11) is 0. The highest BCUT2D eigenvalue weighted by Crippen LogP contribution is 2.29. The molecule has 0 bridgehead atoms. The molecular weight excluding hydrogens is 378 g/mol. The van der Waals surface area contributed by atoms with Gasteiger partial charge in [0.25, 0.3) is 0 Å². The molecule has 0 radical (unpaired) electrons. The zero-order chi connectivity index (χ0) is 13.8. The van der Waals surface area contributed by atoms with Gasteiger partial charge in [-0.1, -0.05) is 0 Å². The summed E-state index contributed by atoms with van der Waals surface area (Å²) in [6, 6.07) is 1.94. The van der Waals surface area contributed by atoms with Gasteiger partial charge in [-0.3, -0.25) is 4.79 Å². The highest BCUT2D eigenvalue weighted by Gasteiger charge is 2.25. The summed E-state index contributed by atoms with van der Waals surface area (Å²) in [6.07, 6.45) is 3.60. The monoisotopic (exact) mass is 393 g/mol. The van der Waals surface area contributed by atoms with Crippen LogP contribution in [-0.2, 0) is 11.3 Å². The van der Waals surface area contributed by atoms with E-state index in [4.69, 9.17) is 9.52 Å². The molecule has 2 N–H and O–H groups in total. The van der Waals surface area contributed by atoms with Crippen LogP contribution in [0.15, 0.2) is 19.6 Å². The zero-order valence-electron chi connectivity index (χ0n) is 10.5. The Morgan fingerprint density at radius 3 is 2.58 bits per heavy atom. The normalized spacial score (nSPS) is 23.5. The molecule has 19 heavy (non-hydrogen) atoms. The third-order valence-electron chi connectivity index (χ3n) is 3.62. The summed E-state index contributed by atoms with van der Waals surface area (Å²) in [5.74, 6) is 0.695. The molecule has 2 rings (SSSR count). The van der Waals surface area contributed by atoms with Crippen LogP contribution in [0, 0.1) is 11.8 Å². The van der Waals surface area contributed by atoms with Crippen molar-refractivity contribution in [2.75, 3.05) is 6.54 Å². The van der Waals surface area contributed by atoms with Crippen molar-refractivity contribution in [3.63, 3.8) is 0 Å². The quantitative estimate of drug-likeness (QED) is 0.797. The third kappa shape index (κ3) is 4.33. The summed E-state index contributed by atoms with van der Waals surface area (Å²) in [5, 5.41) is 12.3. The molecule has 0 aliphatic heterocycles. The van der Waals surface area contributed by atoms with E-state index in [2.05, 4.69) is 37.2 Å². The van der Waals surface area contributed by atoms with Gasteiger partial charge in [0.1, 0.15) is 5.76 Å². The van der Waals surface area contributed by atoms with E-state index in [9.17, 15) is 4.79 Å². The fraction of sp³-hybridized carbons (Fsp3) is 0.615. The van der Waals surface area contributed by atoms with Crippen molar-refractivity contribution in [2.24, 2.45) is 11.8 Å². The zero-order valence-corrected chi connectivity index (χ0v) is 13.7. The Bertz CT molecular complexity index is 420. The predicted octanol–water partition coefficient (Wildman–Crippen LogP) is 3.79. The largest absolute Gasteiger partial charge is 0.481 e. The standard InChI is InChI=1S/C13H17Br2NO3/c14-11-5-10(19-12(11)15)7-16-6-8-1-3-9(4-2-8)13(17)18/h5,8-9,16H,1-4,6-7H2,(H,17,18). The Balaban J connectivity index is 1.68. The second-order valence-corrected chi connectivity index (χ2v) is 6.60. The minimum Gasteiger partial charge on any atom is -0.481 e. The molecular formula is C13H17Br2NO3. The van der Waals surface area contributed by atoms with Crippen molar-refractivity contribution in [3.05, 3.63) is 21.0 Å². The van der Waals surface area contributed by atoms with Gasteiger partial charge >= 0.3 is 5.97 Å². The molecule has 1 aliphatic carbocycles. The van der Waals surface area contributed by atoms with E-state index in [1.165, 1.54) is 0 Å². The molecule has 1 saturated carbocycles. The Hall–Kier alpha value is -0.330. The van der Waals surface area contributed by atoms with E-state index in [1.807, 2.05) is 6.07 Å². The molecule has 1 heterocycles. The first-order chi connectivity index (χ1) is 9.06. The lowest BCUT2D eigenvalue weighted by Gasteiger charge is -2.26. The molecule has 0 saturated heterocycles. The van der Waals surface area contributed by atoms with Gasteiger partial charge in [-0.2, -0.15) is 0 Å². The minimum absolute atomic E-state index is 0.131. The minimum atomic E-state index is -0.642. The number of carbonyl (C=O) groups is 1. The highest BCUT2D eigenvalue weighted by molar-refractivity contribution is 9.13. The van der Waals surface area contributed by atoms with Crippen molar-refractivity contribution in [3.8, 4) is 0 Å². The van der Waals surface area contributed by atoms with Gasteiger partial charge in [-0.05, 0) is 76.1 Å². The number of hydrogen-bond acceptors (Lipinski definition) is 3. The lowest BCUT2D eigenvalue weighted by atomic mass is 9.82. The lowest BCUT2D eigenvalue weighted by Crippen LogP contribution is -2.28. The molecule has 4 nitrogen and oxygen atoms in total. The van der Waals surface area contributed by atoms with E-state index in [-0.39, 0.29) is 5.92 Å². The fourth-order valence-electron chi connectivity index (χ4n) is 2.49. The molecule has 1 aromatic heterocycles. The van der Waals surface area contributed by atoms with Gasteiger partial charge in [-0.25, -0.2) is 0 Å². The molecule has 0 atom stereocenters. The number of rotatable bonds is 5. The second kappa shape index (κ2) is 6.90. The summed E-state index contributed by atoms with van der Waals surface area (Å²) >= 11 is 6.69. The van der Waals surface area contributed by atoms with E-state index >= 15 is 0 Å². The lowest BCUT2D eigenvalue weighted by molar-refractivity contribution is -0.143. The Kier molecular flexibility index (Phi) is 5.47. The number of furan rings is 1. The topological polar surface area (TPSA) is 62.5 Å². The fourth-order valence-corrected chi connectivity index (χ4v) is 3.15. The molecule has 0 spiro atoms. The molecule has 1 aromatic rings. The highest BCUT2D eigenvalue weighted by atomic mass is 79.9. The average Bonchev–Trinajstić information content (AvgIpc) is 2.69. The van der Waals surface area contributed by atoms with Crippen LogP contribution >= 0.6 is 31.9 Å². The van der Waals surface area contributed by atoms with Crippen LogP contribution < -0.4 is 5.32 Å². The first kappa shape index (κ1) is 15.1. The van der Waals surface area contributed by atoms with E-state index in [1.54, 1.807) is 0 Å². The maximum Gasteiger partial charge on any atom is 0.306 e. The Morgan fingerprint density at radius 2 is 2.05 bits per heavy atom. The average molecular weight is 395 g/mol. The van der Waals surface area contributed by atoms with Crippen molar-refractivity contribution in [1.82, 2.24) is 5.32 Å². The molecule has 0 aromatic carbocycles. The maximum absolute atomic E-state index is 10.9. The van der Waals surface area contributed by atoms with Crippen LogP contribution in [0.5, 0.6) is 0 Å². The molecule has 0 amide bonds. The number of nitrogens with one attached hydrogen (secondary N) is 1. The first-order valence-electron chi connectivity index (χ1n) is 6.43. The summed E-state index contributed by atoms with van der Waals surface area (Å²) in [4.78, 5) is 10.9. The number of carboxylic acids is 1. The third-order valence-corrected chi connectivity index (χ3v) is 5.33. The van der Waals surface area contributed by atoms with Crippen LogP contribution in [-0.4, -0.2) is 17.6 Å². The van der Waals surface area contributed by atoms with E-state index in [0.29, 0.717) is 17.1 Å². The second-order valence-electron chi connectivity index (χ2n) is 5.02. The van der Waals surface area contributed by atoms with Crippen molar-refractivity contribution in [1.29, 1.82) is 0 Å². The predicted molar refractivity (Wildman–Crippen MR) is 78.9 cm³/mol. The SMILES string of the molecule is O=C(O)C1CCC(CNCc2cc(Br)c(Br)o2)CC1. The molecule has 1 aliphatic rings. The maximum atomic E-state index is 10.9. The van der Waals surface area contributed by atoms with Crippen LogP contribution in [0.4, 0.5) is 0 Å². The van der Waals surface area contributed by atoms with E-state index in [0.717, 1.165) is 42.5 Å². The van der Waals surface area contributed by atoms with Crippen LogP contribution in [0.25, 0.3) is 0 Å². The van der Waals surface area contributed by atoms with Crippen LogP contribution in [0.3, 0.4) is 0 Å². The number of halogens is 2. The van der Waals surface area contributed by atoms with E-state index < -0.39 is 5.97 Å². The van der Waals surface area contributed by atoms with Gasteiger partial charge in [-0.15, -0.1) is 0 Å². The number of hydrogen-bond donors (Lipinski definition) is 2. The van der Waals surface area contributed by atoms with Gasteiger partial charge < -0.3 is 14.8 Å². The molecule has 106 valence electrons. The molecule has 6 heteroatoms. The molecule has 0 unspecified atom stereocenters. The van der Waals surface area contributed by atoms with Crippen molar-refractivity contribution < 1.29 is 14.3 Å². The first-order valence-corrected chi connectivity index (χ1v) is 8.02. The summed E-state index contributed by atoms with van der Waals surface area (Å²) in [5.41, 5.74) is 0. The summed E-state index contributed by atoms with van der Waals surface area (Å²) in [6.45, 7) is 1.62. The number of aliphatic carboxylic acids is 1. The van der Waals surface area contributed by atoms with Gasteiger partial charge in [0.05, 0.1) is 16.9 Å². The Morgan fingerprint density at radius 1 is 1.37 bits per heavy atom. The van der Waals surface area contributed by atoms with Crippen molar-refractivity contribution >= 4 is 37.8 Å². The van der Waals surface area contributed by atoms with Crippen LogP contribution in [0.2, 0.25) is 0 Å². The van der Waals surface area contributed by atoms with Gasteiger partial charge in [0.15, 0.2) is 4.67 Å². The molecule has 1 fully saturated rings. The van der Waals surface area contributed by atoms with Crippen LogP contribution in [0.1, 0.15) is 31.4 Å². The number of carboxylic acid groups (broad SMARTS) is 1.